The molecule has 0 spiro atoms. The van der Waals surface area contributed by atoms with Crippen LogP contribution in [0.25, 0.3) is 11.1 Å². The van der Waals surface area contributed by atoms with Crippen LogP contribution in [0, 0.1) is 0 Å². The standard InChI is InChI=1S/C15H18N2O4/c1-17-11-6-4-5-10(12(11)21-14(17)19)13(18)16-9-15(20)7-2-3-8-15/h4-6,20H,2-3,7-9H2,1H3,(H,16,18). The lowest BCUT2D eigenvalue weighted by molar-refractivity contribution is 0.0450. The number of nitrogens with zero attached hydrogens (tertiary/aromatic N) is 1. The summed E-state index contributed by atoms with van der Waals surface area (Å²) in [6, 6.07) is 5.04. The lowest BCUT2D eigenvalue weighted by atomic mass is 10.0. The molecule has 0 radical (unpaired) electrons. The van der Waals surface area contributed by atoms with Crippen molar-refractivity contribution in [3.63, 3.8) is 0 Å². The van der Waals surface area contributed by atoms with Crippen LogP contribution in [-0.4, -0.2) is 27.7 Å². The van der Waals surface area contributed by atoms with E-state index in [0.717, 1.165) is 12.8 Å². The zero-order valence-corrected chi connectivity index (χ0v) is 11.9. The first kappa shape index (κ1) is 13.9. The summed E-state index contributed by atoms with van der Waals surface area (Å²) >= 11 is 0. The van der Waals surface area contributed by atoms with Gasteiger partial charge in [-0.25, -0.2) is 4.79 Å². The van der Waals surface area contributed by atoms with Crippen molar-refractivity contribution >= 4 is 17.0 Å². The topological polar surface area (TPSA) is 84.5 Å². The number of para-hydroxylation sites is 1. The highest BCUT2D eigenvalue weighted by molar-refractivity contribution is 6.04. The molecule has 1 amide bonds. The fourth-order valence-corrected chi connectivity index (χ4v) is 2.88. The Bertz CT molecular complexity index is 738. The van der Waals surface area contributed by atoms with Gasteiger partial charge >= 0.3 is 5.76 Å². The third kappa shape index (κ3) is 2.47. The van der Waals surface area contributed by atoms with Crippen molar-refractivity contribution in [2.24, 2.45) is 7.05 Å². The van der Waals surface area contributed by atoms with E-state index in [-0.39, 0.29) is 18.0 Å². The van der Waals surface area contributed by atoms with Crippen LogP contribution in [0.2, 0.25) is 0 Å². The fraction of sp³-hybridized carbons (Fsp3) is 0.467. The first-order valence-corrected chi connectivity index (χ1v) is 7.09. The molecule has 112 valence electrons. The van der Waals surface area contributed by atoms with Crippen molar-refractivity contribution in [3.8, 4) is 0 Å². The number of hydrogen-bond acceptors (Lipinski definition) is 4. The van der Waals surface area contributed by atoms with Gasteiger partial charge in [-0.3, -0.25) is 9.36 Å². The molecule has 1 aliphatic carbocycles. The van der Waals surface area contributed by atoms with Gasteiger partial charge in [0.25, 0.3) is 5.91 Å². The number of nitrogens with one attached hydrogen (secondary N) is 1. The smallest absolute Gasteiger partial charge is 0.407 e. The summed E-state index contributed by atoms with van der Waals surface area (Å²) in [6.45, 7) is 0.222. The maximum Gasteiger partial charge on any atom is 0.419 e. The summed E-state index contributed by atoms with van der Waals surface area (Å²) in [4.78, 5) is 23.8. The highest BCUT2D eigenvalue weighted by Crippen LogP contribution is 2.28. The third-order valence-electron chi connectivity index (χ3n) is 4.18. The number of carbonyl (C=O) groups excluding carboxylic acids is 1. The summed E-state index contributed by atoms with van der Waals surface area (Å²) in [5.74, 6) is -0.838. The van der Waals surface area contributed by atoms with E-state index in [4.69, 9.17) is 4.42 Å². The highest BCUT2D eigenvalue weighted by Gasteiger charge is 2.31. The number of rotatable bonds is 3. The molecule has 1 heterocycles. The number of aromatic nitrogens is 1. The van der Waals surface area contributed by atoms with E-state index in [1.165, 1.54) is 4.57 Å². The Hall–Kier alpha value is -2.08. The van der Waals surface area contributed by atoms with Crippen molar-refractivity contribution in [1.82, 2.24) is 9.88 Å². The molecule has 0 aliphatic heterocycles. The number of carbonyl (C=O) groups is 1. The molecule has 1 fully saturated rings. The Kier molecular flexibility index (Phi) is 3.33. The van der Waals surface area contributed by atoms with E-state index in [1.54, 1.807) is 25.2 Å². The molecule has 21 heavy (non-hydrogen) atoms. The first-order valence-electron chi connectivity index (χ1n) is 7.09. The molecule has 1 aromatic heterocycles. The molecule has 1 saturated carbocycles. The molecule has 1 aromatic carbocycles. The zero-order chi connectivity index (χ0) is 15.0. The van der Waals surface area contributed by atoms with Crippen molar-refractivity contribution in [2.45, 2.75) is 31.3 Å². The summed E-state index contributed by atoms with van der Waals surface area (Å²) in [6.07, 6.45) is 3.38. The summed E-state index contributed by atoms with van der Waals surface area (Å²) < 4.78 is 6.49. The number of amides is 1. The summed E-state index contributed by atoms with van der Waals surface area (Å²) in [5.41, 5.74) is 0.362. The third-order valence-corrected chi connectivity index (χ3v) is 4.18. The Morgan fingerprint density at radius 2 is 2.14 bits per heavy atom. The molecule has 1 aliphatic rings. The molecule has 0 bridgehead atoms. The van der Waals surface area contributed by atoms with Gasteiger partial charge in [-0.15, -0.1) is 0 Å². The van der Waals surface area contributed by atoms with Crippen LogP contribution in [-0.2, 0) is 7.05 Å². The van der Waals surface area contributed by atoms with Crippen molar-refractivity contribution < 1.29 is 14.3 Å². The quantitative estimate of drug-likeness (QED) is 0.888. The lowest BCUT2D eigenvalue weighted by Gasteiger charge is -2.22. The average Bonchev–Trinajstić information content (AvgIpc) is 3.02. The minimum atomic E-state index is -0.804. The summed E-state index contributed by atoms with van der Waals surface area (Å²) in [7, 11) is 1.59. The first-order chi connectivity index (χ1) is 10.0. The maximum absolute atomic E-state index is 12.3. The van der Waals surface area contributed by atoms with Crippen molar-refractivity contribution in [3.05, 3.63) is 34.3 Å². The van der Waals surface area contributed by atoms with Crippen LogP contribution >= 0.6 is 0 Å². The SMILES string of the molecule is Cn1c(=O)oc2c(C(=O)NCC3(O)CCCC3)cccc21. The molecule has 0 unspecified atom stereocenters. The second-order valence-corrected chi connectivity index (χ2v) is 5.69. The fourth-order valence-electron chi connectivity index (χ4n) is 2.88. The molecular formula is C15H18N2O4. The van der Waals surface area contributed by atoms with Gasteiger partial charge in [-0.1, -0.05) is 18.9 Å². The molecule has 2 aromatic rings. The van der Waals surface area contributed by atoms with Gasteiger partial charge in [0.1, 0.15) is 0 Å². The second-order valence-electron chi connectivity index (χ2n) is 5.69. The molecule has 3 rings (SSSR count). The van der Waals surface area contributed by atoms with Crippen LogP contribution in [0.1, 0.15) is 36.0 Å². The molecule has 0 atom stereocenters. The van der Waals surface area contributed by atoms with Gasteiger partial charge in [0.05, 0.1) is 16.7 Å². The Balaban J connectivity index is 1.85. The second kappa shape index (κ2) is 5.04. The lowest BCUT2D eigenvalue weighted by Crippen LogP contribution is -2.40. The zero-order valence-electron chi connectivity index (χ0n) is 11.9. The molecule has 6 nitrogen and oxygen atoms in total. The Morgan fingerprint density at radius 3 is 2.86 bits per heavy atom. The number of aliphatic hydroxyl groups is 1. The monoisotopic (exact) mass is 290 g/mol. The largest absolute Gasteiger partial charge is 0.419 e. The van der Waals surface area contributed by atoms with E-state index in [0.29, 0.717) is 23.9 Å². The number of fused-ring (bicyclic) bond motifs is 1. The van der Waals surface area contributed by atoms with E-state index in [9.17, 15) is 14.7 Å². The molecule has 0 saturated heterocycles. The number of aryl methyl sites for hydroxylation is 1. The van der Waals surface area contributed by atoms with Gasteiger partial charge in [0.15, 0.2) is 5.58 Å². The van der Waals surface area contributed by atoms with Gasteiger partial charge in [-0.2, -0.15) is 0 Å². The average molecular weight is 290 g/mol. The minimum Gasteiger partial charge on any atom is -0.407 e. The van der Waals surface area contributed by atoms with Crippen LogP contribution in [0.4, 0.5) is 0 Å². The number of hydrogen-bond donors (Lipinski definition) is 2. The van der Waals surface area contributed by atoms with Crippen LogP contribution in [0.3, 0.4) is 0 Å². The normalized spacial score (nSPS) is 17.2. The minimum absolute atomic E-state index is 0.222. The van der Waals surface area contributed by atoms with E-state index < -0.39 is 11.4 Å². The van der Waals surface area contributed by atoms with E-state index in [2.05, 4.69) is 5.32 Å². The predicted molar refractivity (Wildman–Crippen MR) is 77.2 cm³/mol. The van der Waals surface area contributed by atoms with E-state index in [1.807, 2.05) is 0 Å². The van der Waals surface area contributed by atoms with Gasteiger partial charge < -0.3 is 14.8 Å². The van der Waals surface area contributed by atoms with Gasteiger partial charge in [-0.05, 0) is 25.0 Å². The van der Waals surface area contributed by atoms with Crippen LogP contribution in [0.15, 0.2) is 27.4 Å². The van der Waals surface area contributed by atoms with E-state index >= 15 is 0 Å². The predicted octanol–water partition coefficient (Wildman–Crippen LogP) is 1.17. The van der Waals surface area contributed by atoms with Gasteiger partial charge in [0.2, 0.25) is 0 Å². The molecular weight excluding hydrogens is 272 g/mol. The number of benzene rings is 1. The molecule has 6 heteroatoms. The van der Waals surface area contributed by atoms with Crippen LogP contribution in [0.5, 0.6) is 0 Å². The Morgan fingerprint density at radius 1 is 1.43 bits per heavy atom. The van der Waals surface area contributed by atoms with Crippen LogP contribution < -0.4 is 11.1 Å². The summed E-state index contributed by atoms with van der Waals surface area (Å²) in [5, 5.41) is 13.0. The Labute approximate surface area is 121 Å². The van der Waals surface area contributed by atoms with Crippen molar-refractivity contribution in [1.29, 1.82) is 0 Å². The number of oxazole rings is 1. The molecule has 2 N–H and O–H groups in total. The van der Waals surface area contributed by atoms with Gasteiger partial charge in [0, 0.05) is 13.6 Å². The van der Waals surface area contributed by atoms with Crippen molar-refractivity contribution in [2.75, 3.05) is 6.54 Å². The highest BCUT2D eigenvalue weighted by atomic mass is 16.4. The maximum atomic E-state index is 12.3.